The minimum Gasteiger partial charge on any atom is -0.478 e. The van der Waals surface area contributed by atoms with Crippen molar-refractivity contribution in [3.05, 3.63) is 12.7 Å². The van der Waals surface area contributed by atoms with Crippen LogP contribution in [0.5, 0.6) is 0 Å². The van der Waals surface area contributed by atoms with Gasteiger partial charge in [0, 0.05) is 12.0 Å². The van der Waals surface area contributed by atoms with E-state index in [1.165, 1.54) is 0 Å². The lowest BCUT2D eigenvalue weighted by atomic mass is 9.74. The molecule has 4 nitrogen and oxygen atoms in total. The third-order valence-electron chi connectivity index (χ3n) is 4.23. The summed E-state index contributed by atoms with van der Waals surface area (Å²) < 4.78 is 5.31. The summed E-state index contributed by atoms with van der Waals surface area (Å²) in [6.45, 7) is 11.5. The molecule has 4 heteroatoms. The molecule has 0 saturated heterocycles. The topological polar surface area (TPSA) is 63.6 Å². The first-order valence-corrected chi connectivity index (χ1v) is 6.85. The van der Waals surface area contributed by atoms with E-state index in [2.05, 4.69) is 20.4 Å². The molecule has 1 N–H and O–H groups in total. The number of carbonyl (C=O) groups excluding carboxylic acids is 1. The zero-order valence-electron chi connectivity index (χ0n) is 12.2. The largest absolute Gasteiger partial charge is 0.478 e. The Labute approximate surface area is 114 Å². The summed E-state index contributed by atoms with van der Waals surface area (Å²) in [5, 5.41) is 9.62. The minimum absolute atomic E-state index is 0.142. The third kappa shape index (κ3) is 2.82. The summed E-state index contributed by atoms with van der Waals surface area (Å²) in [5.74, 6) is -1.08. The SMILES string of the molecule is C=CC(=O)OC1(C(=O)O)CCC(C(C)C)C1C(C)C. The Morgan fingerprint density at radius 2 is 1.89 bits per heavy atom. The van der Waals surface area contributed by atoms with Crippen LogP contribution in [0, 0.1) is 23.7 Å². The summed E-state index contributed by atoms with van der Waals surface area (Å²) >= 11 is 0. The van der Waals surface area contributed by atoms with Crippen LogP contribution in [-0.4, -0.2) is 22.6 Å². The molecule has 0 radical (unpaired) electrons. The molecule has 1 rings (SSSR count). The molecule has 0 heterocycles. The van der Waals surface area contributed by atoms with Crippen molar-refractivity contribution in [3.63, 3.8) is 0 Å². The summed E-state index contributed by atoms with van der Waals surface area (Å²) in [6, 6.07) is 0. The Morgan fingerprint density at radius 1 is 1.32 bits per heavy atom. The molecule has 0 amide bonds. The van der Waals surface area contributed by atoms with Crippen molar-refractivity contribution < 1.29 is 19.4 Å². The molecule has 19 heavy (non-hydrogen) atoms. The number of rotatable bonds is 5. The average molecular weight is 268 g/mol. The van der Waals surface area contributed by atoms with E-state index in [0.717, 1.165) is 12.5 Å². The fourth-order valence-electron chi connectivity index (χ4n) is 3.49. The highest BCUT2D eigenvalue weighted by molar-refractivity contribution is 5.87. The fraction of sp³-hybridized carbons (Fsp3) is 0.733. The van der Waals surface area contributed by atoms with Gasteiger partial charge in [-0.3, -0.25) is 0 Å². The van der Waals surface area contributed by atoms with Gasteiger partial charge in [-0.2, -0.15) is 0 Å². The van der Waals surface area contributed by atoms with Crippen molar-refractivity contribution in [2.45, 2.75) is 46.1 Å². The van der Waals surface area contributed by atoms with Crippen LogP contribution >= 0.6 is 0 Å². The molecule has 1 saturated carbocycles. The van der Waals surface area contributed by atoms with E-state index in [-0.39, 0.29) is 17.8 Å². The smallest absolute Gasteiger partial charge is 0.348 e. The highest BCUT2D eigenvalue weighted by atomic mass is 16.6. The van der Waals surface area contributed by atoms with Gasteiger partial charge in [-0.05, 0) is 30.6 Å². The minimum atomic E-state index is -1.39. The van der Waals surface area contributed by atoms with Crippen LogP contribution in [0.15, 0.2) is 12.7 Å². The number of hydrogen-bond donors (Lipinski definition) is 1. The lowest BCUT2D eigenvalue weighted by Gasteiger charge is -2.36. The Bertz CT molecular complexity index is 372. The predicted octanol–water partition coefficient (Wildman–Crippen LogP) is 2.88. The van der Waals surface area contributed by atoms with E-state index in [4.69, 9.17) is 4.74 Å². The van der Waals surface area contributed by atoms with E-state index < -0.39 is 17.5 Å². The second-order valence-corrected chi connectivity index (χ2v) is 6.04. The first-order chi connectivity index (χ1) is 8.76. The zero-order valence-corrected chi connectivity index (χ0v) is 12.2. The van der Waals surface area contributed by atoms with Crippen LogP contribution in [-0.2, 0) is 14.3 Å². The average Bonchev–Trinajstić information content (AvgIpc) is 2.69. The second-order valence-electron chi connectivity index (χ2n) is 6.04. The molecule has 3 atom stereocenters. The van der Waals surface area contributed by atoms with Crippen molar-refractivity contribution in [1.82, 2.24) is 0 Å². The van der Waals surface area contributed by atoms with E-state index in [1.54, 1.807) is 0 Å². The number of aliphatic carboxylic acids is 1. The third-order valence-corrected chi connectivity index (χ3v) is 4.23. The molecule has 0 spiro atoms. The predicted molar refractivity (Wildman–Crippen MR) is 72.5 cm³/mol. The molecular formula is C15H24O4. The monoisotopic (exact) mass is 268 g/mol. The van der Waals surface area contributed by atoms with Gasteiger partial charge in [0.1, 0.15) is 0 Å². The molecule has 0 aromatic heterocycles. The van der Waals surface area contributed by atoms with Crippen LogP contribution in [0.3, 0.4) is 0 Å². The van der Waals surface area contributed by atoms with Gasteiger partial charge >= 0.3 is 11.9 Å². The van der Waals surface area contributed by atoms with E-state index in [0.29, 0.717) is 12.3 Å². The number of hydrogen-bond acceptors (Lipinski definition) is 3. The Morgan fingerprint density at radius 3 is 2.26 bits per heavy atom. The molecule has 3 unspecified atom stereocenters. The Balaban J connectivity index is 3.18. The number of carboxylic acids is 1. The van der Waals surface area contributed by atoms with Gasteiger partial charge in [0.2, 0.25) is 5.60 Å². The molecule has 1 fully saturated rings. The van der Waals surface area contributed by atoms with Gasteiger partial charge in [0.05, 0.1) is 0 Å². The molecule has 0 bridgehead atoms. The quantitative estimate of drug-likeness (QED) is 0.615. The highest BCUT2D eigenvalue weighted by Gasteiger charge is 2.58. The molecule has 1 aliphatic rings. The maximum Gasteiger partial charge on any atom is 0.348 e. The standard InChI is InChI=1S/C15H24O4/c1-6-12(16)19-15(14(17)18)8-7-11(9(2)3)13(15)10(4)5/h6,9-11,13H,1,7-8H2,2-5H3,(H,17,18). The second kappa shape index (κ2) is 5.76. The van der Waals surface area contributed by atoms with Gasteiger partial charge in [-0.1, -0.05) is 34.3 Å². The molecule has 108 valence electrons. The zero-order chi connectivity index (χ0) is 14.8. The van der Waals surface area contributed by atoms with Gasteiger partial charge in [0.15, 0.2) is 0 Å². The summed E-state index contributed by atoms with van der Waals surface area (Å²) in [5.41, 5.74) is -1.39. The van der Waals surface area contributed by atoms with Crippen molar-refractivity contribution in [1.29, 1.82) is 0 Å². The Kier molecular flexibility index (Phi) is 4.77. The van der Waals surface area contributed by atoms with E-state index in [9.17, 15) is 14.7 Å². The Hall–Kier alpha value is -1.32. The number of carbonyl (C=O) groups is 2. The van der Waals surface area contributed by atoms with Gasteiger partial charge in [-0.25, -0.2) is 9.59 Å². The first-order valence-electron chi connectivity index (χ1n) is 6.85. The van der Waals surface area contributed by atoms with Crippen LogP contribution in [0.1, 0.15) is 40.5 Å². The first kappa shape index (κ1) is 15.7. The highest BCUT2D eigenvalue weighted by Crippen LogP contribution is 2.49. The lowest BCUT2D eigenvalue weighted by Crippen LogP contribution is -2.50. The van der Waals surface area contributed by atoms with Crippen molar-refractivity contribution in [3.8, 4) is 0 Å². The van der Waals surface area contributed by atoms with Gasteiger partial charge < -0.3 is 9.84 Å². The van der Waals surface area contributed by atoms with Crippen LogP contribution in [0.2, 0.25) is 0 Å². The van der Waals surface area contributed by atoms with Crippen LogP contribution in [0.4, 0.5) is 0 Å². The molecule has 0 aromatic rings. The van der Waals surface area contributed by atoms with E-state index >= 15 is 0 Å². The summed E-state index contributed by atoms with van der Waals surface area (Å²) in [4.78, 5) is 23.3. The molecule has 0 aliphatic heterocycles. The van der Waals surface area contributed by atoms with E-state index in [1.807, 2.05) is 13.8 Å². The summed E-state index contributed by atoms with van der Waals surface area (Å²) in [6.07, 6.45) is 2.19. The molecule has 0 aromatic carbocycles. The van der Waals surface area contributed by atoms with Crippen molar-refractivity contribution in [2.24, 2.45) is 23.7 Å². The molecule has 1 aliphatic carbocycles. The molecular weight excluding hydrogens is 244 g/mol. The number of ether oxygens (including phenoxy) is 1. The normalized spacial score (nSPS) is 30.6. The van der Waals surface area contributed by atoms with Gasteiger partial charge in [0.25, 0.3) is 0 Å². The van der Waals surface area contributed by atoms with Crippen molar-refractivity contribution >= 4 is 11.9 Å². The number of esters is 1. The van der Waals surface area contributed by atoms with Crippen molar-refractivity contribution in [2.75, 3.05) is 0 Å². The lowest BCUT2D eigenvalue weighted by molar-refractivity contribution is -0.183. The maximum absolute atomic E-state index is 11.7. The number of carboxylic acid groups (broad SMARTS) is 1. The summed E-state index contributed by atoms with van der Waals surface area (Å²) in [7, 11) is 0. The maximum atomic E-state index is 11.7. The van der Waals surface area contributed by atoms with Gasteiger partial charge in [-0.15, -0.1) is 0 Å². The fourth-order valence-corrected chi connectivity index (χ4v) is 3.49. The van der Waals surface area contributed by atoms with Crippen LogP contribution in [0.25, 0.3) is 0 Å². The van der Waals surface area contributed by atoms with Crippen LogP contribution < -0.4 is 0 Å².